The van der Waals surface area contributed by atoms with Crippen LogP contribution in [0.3, 0.4) is 0 Å². The topological polar surface area (TPSA) is 102 Å². The van der Waals surface area contributed by atoms with Gasteiger partial charge in [-0.15, -0.1) is 3.89 Å². The number of hydrogen-bond acceptors (Lipinski definition) is 5. The van der Waals surface area contributed by atoms with E-state index in [0.717, 1.165) is 25.1 Å². The Hall–Kier alpha value is -2.03. The van der Waals surface area contributed by atoms with E-state index < -0.39 is 26.4 Å². The Morgan fingerprint density at radius 1 is 1.37 bits per heavy atom. The minimum absolute atomic E-state index is 0.0489. The first-order valence-corrected chi connectivity index (χ1v) is 6.85. The van der Waals surface area contributed by atoms with Gasteiger partial charge in [-0.25, -0.2) is 9.78 Å². The first-order valence-electron chi connectivity index (χ1n) is 5.47. The van der Waals surface area contributed by atoms with Gasteiger partial charge >= 0.3 is 15.9 Å². The molecule has 2 aromatic rings. The van der Waals surface area contributed by atoms with Crippen LogP contribution in [0.2, 0.25) is 0 Å². The lowest BCUT2D eigenvalue weighted by atomic mass is 10.3. The predicted octanol–water partition coefficient (Wildman–Crippen LogP) is 0.0779. The van der Waals surface area contributed by atoms with Gasteiger partial charge in [0.05, 0.1) is 11.6 Å². The predicted molar refractivity (Wildman–Crippen MR) is 63.2 cm³/mol. The van der Waals surface area contributed by atoms with Gasteiger partial charge in [0.2, 0.25) is 0 Å². The van der Waals surface area contributed by atoms with Crippen LogP contribution in [0.25, 0.3) is 11.0 Å². The lowest BCUT2D eigenvalue weighted by molar-refractivity contribution is 0.551. The zero-order chi connectivity index (χ0) is 13.8. The van der Waals surface area contributed by atoms with Crippen molar-refractivity contribution in [3.05, 3.63) is 33.1 Å². The normalized spacial score (nSPS) is 15.8. The Labute approximate surface area is 105 Å². The van der Waals surface area contributed by atoms with Crippen molar-refractivity contribution in [2.45, 2.75) is 23.8 Å². The quantitative estimate of drug-likeness (QED) is 0.787. The second kappa shape index (κ2) is 3.73. The van der Waals surface area contributed by atoms with Crippen LogP contribution in [-0.2, 0) is 10.2 Å². The maximum atomic E-state index is 12.9. The molecule has 3 rings (SSSR count). The monoisotopic (exact) mass is 285 g/mol. The number of H-pyrrole nitrogens is 1. The molecule has 1 fully saturated rings. The van der Waals surface area contributed by atoms with Crippen molar-refractivity contribution in [3.8, 4) is 0 Å². The smallest absolute Gasteiger partial charge is 0.274 e. The molecule has 19 heavy (non-hydrogen) atoms. The number of rotatable bonds is 2. The van der Waals surface area contributed by atoms with Crippen LogP contribution in [-0.4, -0.2) is 23.0 Å². The molecule has 0 saturated heterocycles. The Bertz CT molecular complexity index is 895. The van der Waals surface area contributed by atoms with Crippen molar-refractivity contribution in [1.82, 2.24) is 14.5 Å². The molecule has 7 nitrogen and oxygen atoms in total. The molecule has 100 valence electrons. The molecule has 1 N–H and O–H groups in total. The number of fused-ring (bicyclic) bond motifs is 1. The van der Waals surface area contributed by atoms with Gasteiger partial charge in [-0.05, 0) is 18.9 Å². The summed E-state index contributed by atoms with van der Waals surface area (Å²) in [7, 11) is -4.94. The number of nitrogens with one attached hydrogen (secondary N) is 1. The maximum absolute atomic E-state index is 12.9. The van der Waals surface area contributed by atoms with Gasteiger partial charge in [-0.2, -0.15) is 8.42 Å². The van der Waals surface area contributed by atoms with E-state index >= 15 is 0 Å². The Morgan fingerprint density at radius 2 is 2.05 bits per heavy atom. The summed E-state index contributed by atoms with van der Waals surface area (Å²) in [6.07, 6.45) is 2.37. The van der Waals surface area contributed by atoms with Crippen LogP contribution in [0.1, 0.15) is 18.9 Å². The second-order valence-corrected chi connectivity index (χ2v) is 5.69. The molecule has 0 aromatic carbocycles. The van der Waals surface area contributed by atoms with Crippen LogP contribution in [0, 0.1) is 0 Å². The van der Waals surface area contributed by atoms with E-state index in [1.807, 2.05) is 0 Å². The third-order valence-electron chi connectivity index (χ3n) is 2.95. The molecule has 1 saturated carbocycles. The molecule has 1 aliphatic rings. The zero-order valence-corrected chi connectivity index (χ0v) is 10.3. The summed E-state index contributed by atoms with van der Waals surface area (Å²) < 4.78 is 35.8. The summed E-state index contributed by atoms with van der Waals surface area (Å²) in [5.41, 5.74) is -1.30. The summed E-state index contributed by atoms with van der Waals surface area (Å²) in [5, 5.41) is -0.120. The number of pyridine rings is 1. The molecule has 2 heterocycles. The van der Waals surface area contributed by atoms with Crippen LogP contribution >= 0.6 is 0 Å². The van der Waals surface area contributed by atoms with Crippen LogP contribution in [0.4, 0.5) is 3.89 Å². The van der Waals surface area contributed by atoms with Crippen LogP contribution < -0.4 is 11.2 Å². The number of hydrogen-bond donors (Lipinski definition) is 1. The summed E-state index contributed by atoms with van der Waals surface area (Å²) in [4.78, 5) is 28.5. The van der Waals surface area contributed by atoms with E-state index in [9.17, 15) is 21.9 Å². The first-order chi connectivity index (χ1) is 8.88. The van der Waals surface area contributed by atoms with E-state index in [1.54, 1.807) is 0 Å². The van der Waals surface area contributed by atoms with Crippen molar-refractivity contribution in [3.63, 3.8) is 0 Å². The van der Waals surface area contributed by atoms with Crippen molar-refractivity contribution in [1.29, 1.82) is 0 Å². The van der Waals surface area contributed by atoms with Crippen LogP contribution in [0.15, 0.2) is 26.7 Å². The first kappa shape index (κ1) is 12.0. The summed E-state index contributed by atoms with van der Waals surface area (Å²) in [5.74, 6) is 0. The number of aromatic nitrogens is 3. The van der Waals surface area contributed by atoms with E-state index in [-0.39, 0.29) is 17.1 Å². The highest BCUT2D eigenvalue weighted by molar-refractivity contribution is 7.86. The summed E-state index contributed by atoms with van der Waals surface area (Å²) in [6.45, 7) is 0. The van der Waals surface area contributed by atoms with Crippen molar-refractivity contribution >= 4 is 21.3 Å². The third kappa shape index (κ3) is 1.95. The molecule has 0 aliphatic heterocycles. The maximum Gasteiger partial charge on any atom is 0.333 e. The molecule has 0 atom stereocenters. The molecular formula is C10H8FN3O4S. The average Bonchev–Trinajstić information content (AvgIpc) is 3.11. The lowest BCUT2D eigenvalue weighted by Gasteiger charge is -2.07. The fourth-order valence-electron chi connectivity index (χ4n) is 1.92. The van der Waals surface area contributed by atoms with Crippen molar-refractivity contribution < 1.29 is 12.3 Å². The van der Waals surface area contributed by atoms with E-state index in [0.29, 0.717) is 0 Å². The zero-order valence-electron chi connectivity index (χ0n) is 9.46. The van der Waals surface area contributed by atoms with E-state index in [2.05, 4.69) is 9.97 Å². The third-order valence-corrected chi connectivity index (χ3v) is 3.73. The molecule has 9 heteroatoms. The van der Waals surface area contributed by atoms with Gasteiger partial charge < -0.3 is 0 Å². The molecule has 0 bridgehead atoms. The van der Waals surface area contributed by atoms with Gasteiger partial charge in [0, 0.05) is 6.04 Å². The standard InChI is InChI=1S/C10H8FN3O4S/c11-19(17,18)6-3-7-8(12-4-6)14(5-1-2-5)10(16)13-9(7)15/h3-5H,1-2H2,(H,13,15,16). The highest BCUT2D eigenvalue weighted by atomic mass is 32.3. The molecule has 0 unspecified atom stereocenters. The minimum atomic E-state index is -4.94. The van der Waals surface area contributed by atoms with Crippen LogP contribution in [0.5, 0.6) is 0 Å². The lowest BCUT2D eigenvalue weighted by Crippen LogP contribution is -2.30. The number of halogens is 1. The molecule has 0 spiro atoms. The Kier molecular flexibility index (Phi) is 2.36. The SMILES string of the molecule is O=c1[nH]c(=O)n(C2CC2)c2ncc(S(=O)(=O)F)cc12. The van der Waals surface area contributed by atoms with Crippen molar-refractivity contribution in [2.75, 3.05) is 0 Å². The molecular weight excluding hydrogens is 277 g/mol. The molecule has 0 amide bonds. The highest BCUT2D eigenvalue weighted by Gasteiger charge is 2.28. The fourth-order valence-corrected chi connectivity index (χ4v) is 2.36. The Morgan fingerprint density at radius 3 is 2.63 bits per heavy atom. The number of nitrogens with zero attached hydrogens (tertiary/aromatic N) is 2. The average molecular weight is 285 g/mol. The number of aromatic amines is 1. The largest absolute Gasteiger partial charge is 0.333 e. The summed E-state index contributed by atoms with van der Waals surface area (Å²) in [6, 6.07) is 0.835. The van der Waals surface area contributed by atoms with Gasteiger partial charge in [-0.1, -0.05) is 0 Å². The second-order valence-electron chi connectivity index (χ2n) is 4.34. The Balaban J connectivity index is 2.42. The van der Waals surface area contributed by atoms with E-state index in [1.165, 1.54) is 4.57 Å². The molecule has 1 aliphatic carbocycles. The van der Waals surface area contributed by atoms with Gasteiger partial charge in [0.1, 0.15) is 10.5 Å². The molecule has 0 radical (unpaired) electrons. The van der Waals surface area contributed by atoms with Gasteiger partial charge in [0.15, 0.2) is 0 Å². The highest BCUT2D eigenvalue weighted by Crippen LogP contribution is 2.34. The summed E-state index contributed by atoms with van der Waals surface area (Å²) >= 11 is 0. The van der Waals surface area contributed by atoms with Gasteiger partial charge in [-0.3, -0.25) is 14.3 Å². The molecule has 2 aromatic heterocycles. The van der Waals surface area contributed by atoms with E-state index in [4.69, 9.17) is 0 Å². The van der Waals surface area contributed by atoms with Crippen molar-refractivity contribution in [2.24, 2.45) is 0 Å². The fraction of sp³-hybridized carbons (Fsp3) is 0.300. The minimum Gasteiger partial charge on any atom is -0.274 e. The van der Waals surface area contributed by atoms with Gasteiger partial charge in [0.25, 0.3) is 5.56 Å².